The van der Waals surface area contributed by atoms with Gasteiger partial charge in [-0.25, -0.2) is 9.79 Å². The lowest BCUT2D eigenvalue weighted by Crippen LogP contribution is -2.11. The highest BCUT2D eigenvalue weighted by Crippen LogP contribution is 2.28. The zero-order valence-corrected chi connectivity index (χ0v) is 20.2. The Kier molecular flexibility index (Phi) is 6.15. The number of hydrogen-bond donors (Lipinski definition) is 0. The molecule has 0 fully saturated rings. The number of para-hydroxylation sites is 1. The number of carbonyl (C=O) groups is 1. The van der Waals surface area contributed by atoms with E-state index in [-0.39, 0.29) is 27.7 Å². The first kappa shape index (κ1) is 23.4. The molecule has 0 bridgehead atoms. The van der Waals surface area contributed by atoms with Crippen molar-refractivity contribution in [3.05, 3.63) is 101 Å². The van der Waals surface area contributed by atoms with Gasteiger partial charge in [0.1, 0.15) is 10.6 Å². The predicted octanol–water partition coefficient (Wildman–Crippen LogP) is 5.40. The van der Waals surface area contributed by atoms with Crippen molar-refractivity contribution in [3.63, 3.8) is 0 Å². The summed E-state index contributed by atoms with van der Waals surface area (Å²) in [6.07, 6.45) is 1.46. The van der Waals surface area contributed by atoms with Gasteiger partial charge in [0.15, 0.2) is 5.70 Å². The van der Waals surface area contributed by atoms with Crippen molar-refractivity contribution >= 4 is 28.1 Å². The minimum atomic E-state index is -4.05. The highest BCUT2D eigenvalue weighted by Gasteiger charge is 2.26. The molecule has 3 aromatic rings. The Labute approximate surface area is 199 Å². The fourth-order valence-electron chi connectivity index (χ4n) is 3.34. The monoisotopic (exact) mass is 475 g/mol. The van der Waals surface area contributed by atoms with Gasteiger partial charge in [0.2, 0.25) is 5.90 Å². The molecule has 4 rings (SSSR count). The molecule has 7 heteroatoms. The van der Waals surface area contributed by atoms with E-state index in [0.29, 0.717) is 11.1 Å². The Balaban J connectivity index is 1.63. The van der Waals surface area contributed by atoms with E-state index in [1.54, 1.807) is 30.3 Å². The van der Waals surface area contributed by atoms with E-state index >= 15 is 0 Å². The molecule has 3 aromatic carbocycles. The van der Waals surface area contributed by atoms with Gasteiger partial charge in [-0.05, 0) is 54.3 Å². The van der Waals surface area contributed by atoms with Crippen molar-refractivity contribution in [3.8, 4) is 5.75 Å². The maximum atomic E-state index is 12.7. The van der Waals surface area contributed by atoms with Crippen LogP contribution in [0.25, 0.3) is 6.08 Å². The SMILES string of the molecule is Cc1ccc(S(=O)(=O)Oc2ccccc2C=C2N=C(c3ccc(C(C)(C)C)cc3)OC2=O)cc1. The average molecular weight is 476 g/mol. The first-order chi connectivity index (χ1) is 16.0. The van der Waals surface area contributed by atoms with Crippen LogP contribution in [0.5, 0.6) is 5.75 Å². The van der Waals surface area contributed by atoms with Crippen LogP contribution < -0.4 is 4.18 Å². The third kappa shape index (κ3) is 5.10. The van der Waals surface area contributed by atoms with Crippen LogP contribution >= 0.6 is 0 Å². The summed E-state index contributed by atoms with van der Waals surface area (Å²) in [4.78, 5) is 16.8. The Morgan fingerprint density at radius 2 is 1.56 bits per heavy atom. The van der Waals surface area contributed by atoms with Crippen molar-refractivity contribution in [1.82, 2.24) is 0 Å². The van der Waals surface area contributed by atoms with Crippen molar-refractivity contribution in [1.29, 1.82) is 0 Å². The first-order valence-electron chi connectivity index (χ1n) is 10.8. The highest BCUT2D eigenvalue weighted by atomic mass is 32.2. The number of ether oxygens (including phenoxy) is 1. The zero-order valence-electron chi connectivity index (χ0n) is 19.4. The van der Waals surface area contributed by atoms with Crippen LogP contribution in [0.1, 0.15) is 43.0 Å². The van der Waals surface area contributed by atoms with Gasteiger partial charge in [-0.2, -0.15) is 8.42 Å². The molecule has 6 nitrogen and oxygen atoms in total. The molecule has 0 saturated heterocycles. The lowest BCUT2D eigenvalue weighted by molar-refractivity contribution is -0.129. The molecule has 1 heterocycles. The van der Waals surface area contributed by atoms with E-state index in [2.05, 4.69) is 25.8 Å². The lowest BCUT2D eigenvalue weighted by atomic mass is 9.87. The molecule has 0 aliphatic carbocycles. The molecule has 1 aliphatic heterocycles. The Hall–Kier alpha value is -3.71. The number of benzene rings is 3. The topological polar surface area (TPSA) is 82.0 Å². The summed E-state index contributed by atoms with van der Waals surface area (Å²) >= 11 is 0. The quantitative estimate of drug-likeness (QED) is 0.280. The summed E-state index contributed by atoms with van der Waals surface area (Å²) in [7, 11) is -4.05. The van der Waals surface area contributed by atoms with E-state index < -0.39 is 16.1 Å². The van der Waals surface area contributed by atoms with Crippen LogP contribution in [-0.2, 0) is 25.1 Å². The molecule has 0 amide bonds. The summed E-state index contributed by atoms with van der Waals surface area (Å²) in [5.74, 6) is -0.338. The second-order valence-corrected chi connectivity index (χ2v) is 10.6. The largest absolute Gasteiger partial charge is 0.402 e. The van der Waals surface area contributed by atoms with Crippen LogP contribution in [0.4, 0.5) is 0 Å². The number of aryl methyl sites for hydroxylation is 1. The Morgan fingerprint density at radius 3 is 2.21 bits per heavy atom. The van der Waals surface area contributed by atoms with Gasteiger partial charge in [0, 0.05) is 11.1 Å². The number of rotatable bonds is 5. The predicted molar refractivity (Wildman–Crippen MR) is 131 cm³/mol. The molecule has 0 atom stereocenters. The van der Waals surface area contributed by atoms with Gasteiger partial charge in [0.05, 0.1) is 0 Å². The van der Waals surface area contributed by atoms with Crippen molar-refractivity contribution in [2.24, 2.45) is 4.99 Å². The van der Waals surface area contributed by atoms with Crippen LogP contribution in [0, 0.1) is 6.92 Å². The second-order valence-electron chi connectivity index (χ2n) is 9.05. The fraction of sp³-hybridized carbons (Fsp3) is 0.185. The molecule has 0 radical (unpaired) electrons. The second kappa shape index (κ2) is 8.91. The standard InChI is InChI=1S/C27H25NO5S/c1-18-9-15-22(16-10-18)34(30,31)33-24-8-6-5-7-20(24)17-23-26(29)32-25(28-23)19-11-13-21(14-12-19)27(2,3)4/h5-17H,1-4H3. The van der Waals surface area contributed by atoms with Crippen LogP contribution in [0.3, 0.4) is 0 Å². The highest BCUT2D eigenvalue weighted by molar-refractivity contribution is 7.87. The van der Waals surface area contributed by atoms with E-state index in [1.165, 1.54) is 24.3 Å². The van der Waals surface area contributed by atoms with Gasteiger partial charge in [-0.15, -0.1) is 0 Å². The third-order valence-electron chi connectivity index (χ3n) is 5.34. The molecule has 0 unspecified atom stereocenters. The Bertz CT molecular complexity index is 1390. The number of aliphatic imine (C=N–C) groups is 1. The molecule has 34 heavy (non-hydrogen) atoms. The molecule has 1 aliphatic rings. The van der Waals surface area contributed by atoms with Gasteiger partial charge in [-0.1, -0.05) is 68.8 Å². The summed E-state index contributed by atoms with van der Waals surface area (Å²) in [6, 6.07) is 20.6. The number of cyclic esters (lactones) is 1. The van der Waals surface area contributed by atoms with E-state index in [9.17, 15) is 13.2 Å². The van der Waals surface area contributed by atoms with Crippen LogP contribution in [0.15, 0.2) is 88.4 Å². The molecule has 0 aromatic heterocycles. The van der Waals surface area contributed by atoms with Crippen LogP contribution in [-0.4, -0.2) is 20.3 Å². The van der Waals surface area contributed by atoms with Gasteiger partial charge >= 0.3 is 16.1 Å². The van der Waals surface area contributed by atoms with Crippen LogP contribution in [0.2, 0.25) is 0 Å². The maximum Gasteiger partial charge on any atom is 0.363 e. The van der Waals surface area contributed by atoms with Crippen molar-refractivity contribution < 1.29 is 22.1 Å². The average Bonchev–Trinajstić information content (AvgIpc) is 3.15. The first-order valence-corrected chi connectivity index (χ1v) is 12.2. The van der Waals surface area contributed by atoms with Gasteiger partial charge in [0.25, 0.3) is 0 Å². The molecular weight excluding hydrogens is 450 g/mol. The van der Waals surface area contributed by atoms with Crippen molar-refractivity contribution in [2.45, 2.75) is 38.0 Å². The molecule has 0 N–H and O–H groups in total. The van der Waals surface area contributed by atoms with Crippen molar-refractivity contribution in [2.75, 3.05) is 0 Å². The number of esters is 1. The third-order valence-corrected chi connectivity index (χ3v) is 6.59. The molecular formula is C27H25NO5S. The summed E-state index contributed by atoms with van der Waals surface area (Å²) in [5.41, 5.74) is 3.21. The van der Waals surface area contributed by atoms with Gasteiger partial charge < -0.3 is 8.92 Å². The summed E-state index contributed by atoms with van der Waals surface area (Å²) in [5, 5.41) is 0. The minimum absolute atomic E-state index is 0.000378. The smallest absolute Gasteiger partial charge is 0.363 e. The fourth-order valence-corrected chi connectivity index (χ4v) is 4.29. The number of carbonyl (C=O) groups excluding carboxylic acids is 1. The number of nitrogens with zero attached hydrogens (tertiary/aromatic N) is 1. The minimum Gasteiger partial charge on any atom is -0.402 e. The zero-order chi connectivity index (χ0) is 24.5. The Morgan fingerprint density at radius 1 is 0.912 bits per heavy atom. The maximum absolute atomic E-state index is 12.7. The van der Waals surface area contributed by atoms with E-state index in [0.717, 1.165) is 11.1 Å². The summed E-state index contributed by atoms with van der Waals surface area (Å²) in [6.45, 7) is 8.23. The lowest BCUT2D eigenvalue weighted by Gasteiger charge is -2.18. The molecule has 0 spiro atoms. The molecule has 0 saturated carbocycles. The molecule has 174 valence electrons. The van der Waals surface area contributed by atoms with Gasteiger partial charge in [-0.3, -0.25) is 0 Å². The number of hydrogen-bond acceptors (Lipinski definition) is 6. The van der Waals surface area contributed by atoms with E-state index in [1.807, 2.05) is 31.2 Å². The van der Waals surface area contributed by atoms with E-state index in [4.69, 9.17) is 8.92 Å². The normalized spacial score (nSPS) is 15.2. The summed E-state index contributed by atoms with van der Waals surface area (Å²) < 4.78 is 36.2.